The molecule has 1 N–H and O–H groups in total. The molecule has 1 aliphatic rings. The number of likely N-dealkylation sites (tertiary alicyclic amines) is 1. The molecule has 0 radical (unpaired) electrons. The van der Waals surface area contributed by atoms with Crippen molar-refractivity contribution in [2.75, 3.05) is 26.2 Å². The molecule has 2 atom stereocenters. The average Bonchev–Trinajstić information content (AvgIpc) is 2.59. The van der Waals surface area contributed by atoms with Crippen LogP contribution in [0.15, 0.2) is 24.3 Å². The van der Waals surface area contributed by atoms with Crippen LogP contribution in [0.1, 0.15) is 50.7 Å². The van der Waals surface area contributed by atoms with Crippen LogP contribution >= 0.6 is 0 Å². The van der Waals surface area contributed by atoms with Gasteiger partial charge in [0.1, 0.15) is 0 Å². The molecule has 1 aliphatic heterocycles. The number of hydrogen-bond acceptors (Lipinski definition) is 3. The number of amides is 1. The minimum absolute atomic E-state index is 0.115. The number of benzene rings is 1. The third-order valence-electron chi connectivity index (χ3n) is 4.89. The molecule has 1 aromatic rings. The van der Waals surface area contributed by atoms with Crippen LogP contribution in [0.2, 0.25) is 0 Å². The quantitative estimate of drug-likeness (QED) is 0.738. The van der Waals surface area contributed by atoms with Gasteiger partial charge in [-0.25, -0.2) is 0 Å². The van der Waals surface area contributed by atoms with Crippen molar-refractivity contribution in [2.45, 2.75) is 46.0 Å². The second-order valence-corrected chi connectivity index (χ2v) is 7.57. The summed E-state index contributed by atoms with van der Waals surface area (Å²) >= 11 is 0. The van der Waals surface area contributed by atoms with E-state index in [0.717, 1.165) is 49.8 Å². The number of hydrogen-bond donors (Lipinski definition) is 1. The molecule has 1 saturated heterocycles. The monoisotopic (exact) mass is 341 g/mol. The Balaban J connectivity index is 1.54. The summed E-state index contributed by atoms with van der Waals surface area (Å²) in [5.41, 5.74) is 1.76. The molecule has 0 saturated carbocycles. The van der Waals surface area contributed by atoms with Gasteiger partial charge in [-0.15, -0.1) is 0 Å². The molecule has 2 rings (SSSR count). The zero-order valence-corrected chi connectivity index (χ0v) is 15.6. The molecule has 1 heterocycles. The van der Waals surface area contributed by atoms with Gasteiger partial charge < -0.3 is 10.2 Å². The number of unbranched alkanes of at least 4 members (excludes halogenated alkanes) is 1. The van der Waals surface area contributed by atoms with Gasteiger partial charge in [0.05, 0.1) is 11.6 Å². The fourth-order valence-corrected chi connectivity index (χ4v) is 3.76. The van der Waals surface area contributed by atoms with Gasteiger partial charge in [0, 0.05) is 26.1 Å². The van der Waals surface area contributed by atoms with Gasteiger partial charge in [-0.05, 0) is 61.8 Å². The summed E-state index contributed by atoms with van der Waals surface area (Å²) in [5, 5.41) is 11.8. The van der Waals surface area contributed by atoms with Crippen molar-refractivity contribution in [3.63, 3.8) is 0 Å². The van der Waals surface area contributed by atoms with E-state index in [-0.39, 0.29) is 5.91 Å². The largest absolute Gasteiger partial charge is 0.356 e. The van der Waals surface area contributed by atoms with Crippen molar-refractivity contribution in [3.8, 4) is 6.07 Å². The van der Waals surface area contributed by atoms with Crippen molar-refractivity contribution in [2.24, 2.45) is 11.8 Å². The number of nitrogens with one attached hydrogen (secondary N) is 1. The molecule has 0 unspecified atom stereocenters. The zero-order valence-electron chi connectivity index (χ0n) is 15.6. The van der Waals surface area contributed by atoms with Gasteiger partial charge in [-0.1, -0.05) is 26.0 Å². The van der Waals surface area contributed by atoms with Gasteiger partial charge in [-0.2, -0.15) is 5.26 Å². The van der Waals surface area contributed by atoms with Crippen LogP contribution in [0, 0.1) is 23.2 Å². The van der Waals surface area contributed by atoms with E-state index in [4.69, 9.17) is 5.26 Å². The lowest BCUT2D eigenvalue weighted by Gasteiger charge is -2.34. The van der Waals surface area contributed by atoms with E-state index in [1.54, 1.807) is 12.1 Å². The normalized spacial score (nSPS) is 20.8. The highest BCUT2D eigenvalue weighted by Gasteiger charge is 2.20. The third kappa shape index (κ3) is 7.27. The average molecular weight is 341 g/mol. The fourth-order valence-electron chi connectivity index (χ4n) is 3.76. The molecule has 4 heteroatoms. The van der Waals surface area contributed by atoms with E-state index in [2.05, 4.69) is 30.1 Å². The van der Waals surface area contributed by atoms with Crippen molar-refractivity contribution in [3.05, 3.63) is 35.4 Å². The van der Waals surface area contributed by atoms with Gasteiger partial charge in [-0.3, -0.25) is 4.79 Å². The minimum Gasteiger partial charge on any atom is -0.356 e. The minimum atomic E-state index is 0.115. The molecular weight excluding hydrogens is 310 g/mol. The lowest BCUT2D eigenvalue weighted by Crippen LogP contribution is -2.39. The Labute approximate surface area is 152 Å². The number of rotatable bonds is 8. The van der Waals surface area contributed by atoms with Crippen molar-refractivity contribution >= 4 is 5.91 Å². The first-order chi connectivity index (χ1) is 12.1. The Morgan fingerprint density at radius 1 is 1.20 bits per heavy atom. The summed E-state index contributed by atoms with van der Waals surface area (Å²) in [6.07, 6.45) is 4.77. The Morgan fingerprint density at radius 2 is 1.88 bits per heavy atom. The molecule has 0 aromatic heterocycles. The van der Waals surface area contributed by atoms with E-state index in [1.165, 1.54) is 19.5 Å². The predicted molar refractivity (Wildman–Crippen MR) is 101 cm³/mol. The van der Waals surface area contributed by atoms with Crippen LogP contribution in [0.4, 0.5) is 0 Å². The first-order valence-corrected chi connectivity index (χ1v) is 9.55. The highest BCUT2D eigenvalue weighted by Crippen LogP contribution is 2.20. The van der Waals surface area contributed by atoms with Gasteiger partial charge in [0.2, 0.25) is 5.91 Å². The molecule has 25 heavy (non-hydrogen) atoms. The Morgan fingerprint density at radius 3 is 2.52 bits per heavy atom. The first-order valence-electron chi connectivity index (χ1n) is 9.55. The molecule has 4 nitrogen and oxygen atoms in total. The number of nitrogens with zero attached hydrogens (tertiary/aromatic N) is 2. The topological polar surface area (TPSA) is 56.1 Å². The van der Waals surface area contributed by atoms with Crippen molar-refractivity contribution in [1.29, 1.82) is 5.26 Å². The van der Waals surface area contributed by atoms with Gasteiger partial charge in [0.15, 0.2) is 0 Å². The smallest absolute Gasteiger partial charge is 0.220 e. The molecule has 0 bridgehead atoms. The SMILES string of the molecule is C[C@@H]1C[C@H](C)CN(CCCCNC(=O)CCc2ccc(C#N)cc2)C1. The van der Waals surface area contributed by atoms with Crippen LogP contribution in [-0.4, -0.2) is 37.0 Å². The van der Waals surface area contributed by atoms with Crippen molar-refractivity contribution < 1.29 is 4.79 Å². The Hall–Kier alpha value is -1.86. The van der Waals surface area contributed by atoms with Crippen molar-refractivity contribution in [1.82, 2.24) is 10.2 Å². The first kappa shape index (κ1) is 19.5. The Bertz CT molecular complexity index is 566. The third-order valence-corrected chi connectivity index (χ3v) is 4.89. The second-order valence-electron chi connectivity index (χ2n) is 7.57. The number of piperidine rings is 1. The van der Waals surface area contributed by atoms with E-state index in [9.17, 15) is 4.79 Å². The van der Waals surface area contributed by atoms with E-state index in [0.29, 0.717) is 12.0 Å². The maximum Gasteiger partial charge on any atom is 0.220 e. The molecular formula is C21H31N3O. The highest BCUT2D eigenvalue weighted by atomic mass is 16.1. The standard InChI is InChI=1S/C21H31N3O/c1-17-13-18(2)16-24(15-17)12-4-3-11-23-21(25)10-9-19-5-7-20(14-22)8-6-19/h5-8,17-18H,3-4,9-13,15-16H2,1-2H3,(H,23,25)/t17-,18+. The molecule has 1 aromatic carbocycles. The summed E-state index contributed by atoms with van der Waals surface area (Å²) in [5.74, 6) is 1.74. The van der Waals surface area contributed by atoms with Crippen LogP contribution < -0.4 is 5.32 Å². The Kier molecular flexibility index (Phi) is 7.94. The lowest BCUT2D eigenvalue weighted by molar-refractivity contribution is -0.121. The lowest BCUT2D eigenvalue weighted by atomic mass is 9.92. The molecule has 1 amide bonds. The summed E-state index contributed by atoms with van der Waals surface area (Å²) in [6.45, 7) is 9.05. The number of nitriles is 1. The predicted octanol–water partition coefficient (Wildman–Crippen LogP) is 3.37. The van der Waals surface area contributed by atoms with E-state index < -0.39 is 0 Å². The van der Waals surface area contributed by atoms with E-state index in [1.807, 2.05) is 12.1 Å². The maximum absolute atomic E-state index is 11.9. The molecule has 1 fully saturated rings. The fraction of sp³-hybridized carbons (Fsp3) is 0.619. The van der Waals surface area contributed by atoms with Crippen LogP contribution in [0.3, 0.4) is 0 Å². The second kappa shape index (κ2) is 10.2. The summed E-state index contributed by atoms with van der Waals surface area (Å²) in [4.78, 5) is 14.5. The number of aryl methyl sites for hydroxylation is 1. The number of carbonyl (C=O) groups is 1. The molecule has 136 valence electrons. The van der Waals surface area contributed by atoms with Crippen LogP contribution in [0.25, 0.3) is 0 Å². The highest BCUT2D eigenvalue weighted by molar-refractivity contribution is 5.76. The number of carbonyl (C=O) groups excluding carboxylic acids is 1. The summed E-state index contributed by atoms with van der Waals surface area (Å²) in [6, 6.07) is 9.55. The zero-order chi connectivity index (χ0) is 18.1. The van der Waals surface area contributed by atoms with Crippen LogP contribution in [0.5, 0.6) is 0 Å². The summed E-state index contributed by atoms with van der Waals surface area (Å²) in [7, 11) is 0. The molecule has 0 spiro atoms. The van der Waals surface area contributed by atoms with Crippen LogP contribution in [-0.2, 0) is 11.2 Å². The maximum atomic E-state index is 11.9. The summed E-state index contributed by atoms with van der Waals surface area (Å²) < 4.78 is 0. The molecule has 0 aliphatic carbocycles. The van der Waals surface area contributed by atoms with Gasteiger partial charge >= 0.3 is 0 Å². The van der Waals surface area contributed by atoms with E-state index >= 15 is 0 Å². The van der Waals surface area contributed by atoms with Gasteiger partial charge in [0.25, 0.3) is 0 Å².